The van der Waals surface area contributed by atoms with Gasteiger partial charge in [0.25, 0.3) is 0 Å². The molecule has 102 valence electrons. The Labute approximate surface area is 111 Å². The van der Waals surface area contributed by atoms with Crippen LogP contribution in [0.25, 0.3) is 0 Å². The minimum Gasteiger partial charge on any atom is -0.508 e. The van der Waals surface area contributed by atoms with Gasteiger partial charge in [0.1, 0.15) is 5.75 Å². The molecule has 0 aliphatic rings. The van der Waals surface area contributed by atoms with Crippen LogP contribution in [0.3, 0.4) is 0 Å². The minimum absolute atomic E-state index is 0.329. The average molecular weight is 250 g/mol. The Bertz CT molecular complexity index is 348. The van der Waals surface area contributed by atoms with E-state index in [2.05, 4.69) is 44.7 Å². The first-order valence-electron chi connectivity index (χ1n) is 6.65. The molecule has 1 N–H and O–H groups in total. The van der Waals surface area contributed by atoms with Gasteiger partial charge in [0.2, 0.25) is 0 Å². The van der Waals surface area contributed by atoms with Crippen LogP contribution in [0.2, 0.25) is 0 Å². The quantitative estimate of drug-likeness (QED) is 0.841. The van der Waals surface area contributed by atoms with Crippen LogP contribution < -0.4 is 0 Å². The van der Waals surface area contributed by atoms with Crippen molar-refractivity contribution in [2.75, 3.05) is 27.2 Å². The Kier molecular flexibility index (Phi) is 5.63. The Balaban J connectivity index is 2.78. The minimum atomic E-state index is 0.329. The lowest BCUT2D eigenvalue weighted by Crippen LogP contribution is -2.41. The molecule has 0 aliphatic heterocycles. The lowest BCUT2D eigenvalue weighted by molar-refractivity contribution is 0.137. The van der Waals surface area contributed by atoms with Crippen molar-refractivity contribution >= 4 is 0 Å². The average Bonchev–Trinajstić information content (AvgIpc) is 2.29. The van der Waals surface area contributed by atoms with Crippen LogP contribution in [0.5, 0.6) is 5.75 Å². The molecular formula is C15H26N2O. The van der Waals surface area contributed by atoms with Crippen LogP contribution in [0.1, 0.15) is 32.4 Å². The van der Waals surface area contributed by atoms with Gasteiger partial charge in [-0.25, -0.2) is 0 Å². The molecule has 0 spiro atoms. The normalized spacial score (nSPS) is 15.1. The molecule has 2 unspecified atom stereocenters. The van der Waals surface area contributed by atoms with Crippen molar-refractivity contribution < 1.29 is 5.11 Å². The Morgan fingerprint density at radius 1 is 1.11 bits per heavy atom. The Morgan fingerprint density at radius 3 is 2.11 bits per heavy atom. The standard InChI is InChI=1S/C15H26N2O/c1-6-17(12(2)11-16(4)5)13(3)14-7-9-15(18)10-8-14/h7-10,12-13,18H,6,11H2,1-5H3. The van der Waals surface area contributed by atoms with Gasteiger partial charge in [-0.05, 0) is 52.2 Å². The van der Waals surface area contributed by atoms with Crippen molar-refractivity contribution in [1.29, 1.82) is 0 Å². The summed E-state index contributed by atoms with van der Waals surface area (Å²) in [6.45, 7) is 8.76. The summed E-state index contributed by atoms with van der Waals surface area (Å²) in [5, 5.41) is 9.34. The third-order valence-electron chi connectivity index (χ3n) is 3.43. The molecule has 0 amide bonds. The van der Waals surface area contributed by atoms with Gasteiger partial charge >= 0.3 is 0 Å². The Morgan fingerprint density at radius 2 is 1.67 bits per heavy atom. The van der Waals surface area contributed by atoms with Gasteiger partial charge in [-0.3, -0.25) is 4.90 Å². The predicted octanol–water partition coefficient (Wildman–Crippen LogP) is 2.73. The number of benzene rings is 1. The number of rotatable bonds is 6. The molecule has 0 aliphatic carbocycles. The molecule has 0 radical (unpaired) electrons. The first-order valence-corrected chi connectivity index (χ1v) is 6.65. The molecule has 0 saturated carbocycles. The molecule has 1 aromatic carbocycles. The largest absolute Gasteiger partial charge is 0.508 e. The van der Waals surface area contributed by atoms with E-state index in [4.69, 9.17) is 0 Å². The van der Waals surface area contributed by atoms with E-state index in [1.165, 1.54) is 5.56 Å². The summed E-state index contributed by atoms with van der Waals surface area (Å²) >= 11 is 0. The van der Waals surface area contributed by atoms with E-state index >= 15 is 0 Å². The van der Waals surface area contributed by atoms with Crippen LogP contribution in [-0.4, -0.2) is 48.1 Å². The van der Waals surface area contributed by atoms with Crippen LogP contribution in [-0.2, 0) is 0 Å². The van der Waals surface area contributed by atoms with E-state index in [1.807, 2.05) is 12.1 Å². The number of aromatic hydroxyl groups is 1. The molecule has 18 heavy (non-hydrogen) atoms. The maximum atomic E-state index is 9.34. The summed E-state index contributed by atoms with van der Waals surface area (Å²) < 4.78 is 0. The van der Waals surface area contributed by atoms with E-state index in [-0.39, 0.29) is 0 Å². The number of nitrogens with zero attached hydrogens (tertiary/aromatic N) is 2. The fourth-order valence-corrected chi connectivity index (χ4v) is 2.54. The van der Waals surface area contributed by atoms with Crippen LogP contribution >= 0.6 is 0 Å². The second-order valence-electron chi connectivity index (χ2n) is 5.21. The van der Waals surface area contributed by atoms with E-state index in [9.17, 15) is 5.11 Å². The highest BCUT2D eigenvalue weighted by atomic mass is 16.3. The SMILES string of the molecule is CCN(C(C)CN(C)C)C(C)c1ccc(O)cc1. The van der Waals surface area contributed by atoms with Crippen molar-refractivity contribution in [1.82, 2.24) is 9.80 Å². The van der Waals surface area contributed by atoms with Crippen molar-refractivity contribution in [3.63, 3.8) is 0 Å². The number of phenolic OH excluding ortho intramolecular Hbond substituents is 1. The molecule has 0 bridgehead atoms. The maximum Gasteiger partial charge on any atom is 0.115 e. The summed E-state index contributed by atoms with van der Waals surface area (Å²) in [5.41, 5.74) is 1.25. The van der Waals surface area contributed by atoms with Crippen molar-refractivity contribution in [3.8, 4) is 5.75 Å². The topological polar surface area (TPSA) is 26.7 Å². The van der Waals surface area contributed by atoms with Crippen molar-refractivity contribution in [2.45, 2.75) is 32.9 Å². The molecule has 1 rings (SSSR count). The zero-order chi connectivity index (χ0) is 13.7. The molecular weight excluding hydrogens is 224 g/mol. The van der Waals surface area contributed by atoms with Gasteiger partial charge < -0.3 is 10.0 Å². The van der Waals surface area contributed by atoms with Crippen molar-refractivity contribution in [2.24, 2.45) is 0 Å². The van der Waals surface area contributed by atoms with Gasteiger partial charge in [-0.1, -0.05) is 19.1 Å². The van der Waals surface area contributed by atoms with Gasteiger partial charge in [0.15, 0.2) is 0 Å². The fourth-order valence-electron chi connectivity index (χ4n) is 2.54. The third kappa shape index (κ3) is 4.00. The second kappa shape index (κ2) is 6.76. The van der Waals surface area contributed by atoms with Gasteiger partial charge in [0.05, 0.1) is 0 Å². The summed E-state index contributed by atoms with van der Waals surface area (Å²) in [7, 11) is 4.21. The summed E-state index contributed by atoms with van der Waals surface area (Å²) in [4.78, 5) is 4.70. The number of hydrogen-bond donors (Lipinski definition) is 1. The first kappa shape index (κ1) is 15.0. The predicted molar refractivity (Wildman–Crippen MR) is 76.9 cm³/mol. The van der Waals surface area contributed by atoms with Gasteiger partial charge in [-0.15, -0.1) is 0 Å². The van der Waals surface area contributed by atoms with Crippen LogP contribution in [0, 0.1) is 0 Å². The smallest absolute Gasteiger partial charge is 0.115 e. The highest BCUT2D eigenvalue weighted by Gasteiger charge is 2.20. The molecule has 1 aromatic rings. The van der Waals surface area contributed by atoms with Crippen molar-refractivity contribution in [3.05, 3.63) is 29.8 Å². The van der Waals surface area contributed by atoms with Gasteiger partial charge in [0, 0.05) is 18.6 Å². The van der Waals surface area contributed by atoms with Crippen LogP contribution in [0.4, 0.5) is 0 Å². The monoisotopic (exact) mass is 250 g/mol. The molecule has 2 atom stereocenters. The molecule has 3 heteroatoms. The highest BCUT2D eigenvalue weighted by molar-refractivity contribution is 5.27. The summed E-state index contributed by atoms with van der Waals surface area (Å²) in [6, 6.07) is 8.40. The molecule has 0 saturated heterocycles. The second-order valence-corrected chi connectivity index (χ2v) is 5.21. The van der Waals surface area contributed by atoms with E-state index in [1.54, 1.807) is 12.1 Å². The van der Waals surface area contributed by atoms with E-state index < -0.39 is 0 Å². The summed E-state index contributed by atoms with van der Waals surface area (Å²) in [5.74, 6) is 0.329. The van der Waals surface area contributed by atoms with E-state index in [0.29, 0.717) is 17.8 Å². The lowest BCUT2D eigenvalue weighted by atomic mass is 10.0. The molecule has 3 nitrogen and oxygen atoms in total. The molecule has 0 aromatic heterocycles. The van der Waals surface area contributed by atoms with E-state index in [0.717, 1.165) is 13.1 Å². The number of phenols is 1. The first-order chi connectivity index (χ1) is 8.45. The lowest BCUT2D eigenvalue weighted by Gasteiger charge is -2.35. The van der Waals surface area contributed by atoms with Crippen LogP contribution in [0.15, 0.2) is 24.3 Å². The zero-order valence-corrected chi connectivity index (χ0v) is 12.2. The zero-order valence-electron chi connectivity index (χ0n) is 12.2. The fraction of sp³-hybridized carbons (Fsp3) is 0.600. The highest BCUT2D eigenvalue weighted by Crippen LogP contribution is 2.24. The maximum absolute atomic E-state index is 9.34. The molecule has 0 fully saturated rings. The van der Waals surface area contributed by atoms with Gasteiger partial charge in [-0.2, -0.15) is 0 Å². The Hall–Kier alpha value is -1.06. The third-order valence-corrected chi connectivity index (χ3v) is 3.43. The number of likely N-dealkylation sites (N-methyl/N-ethyl adjacent to an activating group) is 2. The number of hydrogen-bond acceptors (Lipinski definition) is 3. The molecule has 0 heterocycles. The summed E-state index contributed by atoms with van der Waals surface area (Å²) in [6.07, 6.45) is 0.